The normalized spacial score (nSPS) is 17.0. The highest BCUT2D eigenvalue weighted by atomic mass is 32.1. The van der Waals surface area contributed by atoms with E-state index in [1.54, 1.807) is 0 Å². The van der Waals surface area contributed by atoms with E-state index in [1.807, 2.05) is 6.07 Å². The van der Waals surface area contributed by atoms with Crippen molar-refractivity contribution in [3.8, 4) is 0 Å². The monoisotopic (exact) mass is 255 g/mol. The molecule has 1 aromatic heterocycles. The van der Waals surface area contributed by atoms with E-state index in [2.05, 4.69) is 28.1 Å². The van der Waals surface area contributed by atoms with E-state index in [0.29, 0.717) is 23.9 Å². The quantitative estimate of drug-likeness (QED) is 0.702. The molecule has 1 fully saturated rings. The minimum atomic E-state index is -0.145. The Morgan fingerprint density at radius 1 is 1.59 bits per heavy atom. The minimum absolute atomic E-state index is 0.145. The van der Waals surface area contributed by atoms with Gasteiger partial charge in [-0.2, -0.15) is 17.7 Å². The summed E-state index contributed by atoms with van der Waals surface area (Å²) < 4.78 is 5.31. The zero-order chi connectivity index (χ0) is 12.1. The van der Waals surface area contributed by atoms with Gasteiger partial charge < -0.3 is 10.1 Å². The number of hydrogen-bond acceptors (Lipinski definition) is 4. The van der Waals surface area contributed by atoms with Crippen LogP contribution in [-0.2, 0) is 4.74 Å². The van der Waals surface area contributed by atoms with E-state index in [4.69, 9.17) is 4.74 Å². The molecule has 0 atom stereocenters. The predicted octanol–water partition coefficient (Wildman–Crippen LogP) is 0.963. The van der Waals surface area contributed by atoms with E-state index in [9.17, 15) is 4.79 Å². The van der Waals surface area contributed by atoms with Crippen LogP contribution in [0.4, 0.5) is 0 Å². The molecule has 2 heterocycles. The zero-order valence-electron chi connectivity index (χ0n) is 9.61. The average molecular weight is 255 g/mol. The largest absolute Gasteiger partial charge is 0.381 e. The second-order valence-electron chi connectivity index (χ2n) is 4.07. The summed E-state index contributed by atoms with van der Waals surface area (Å²) in [7, 11) is 0. The van der Waals surface area contributed by atoms with Crippen LogP contribution in [0.1, 0.15) is 34.9 Å². The van der Waals surface area contributed by atoms with Crippen molar-refractivity contribution >= 4 is 18.5 Å². The van der Waals surface area contributed by atoms with Gasteiger partial charge in [0.1, 0.15) is 5.69 Å². The van der Waals surface area contributed by atoms with Crippen LogP contribution in [0.2, 0.25) is 0 Å². The Bertz CT molecular complexity index is 375. The van der Waals surface area contributed by atoms with Crippen molar-refractivity contribution in [1.29, 1.82) is 0 Å². The molecule has 0 aromatic carbocycles. The fourth-order valence-electron chi connectivity index (χ4n) is 1.93. The van der Waals surface area contributed by atoms with Gasteiger partial charge in [0.15, 0.2) is 0 Å². The maximum absolute atomic E-state index is 11.6. The van der Waals surface area contributed by atoms with Crippen LogP contribution in [0.25, 0.3) is 0 Å². The number of nitrogens with zero attached hydrogens (tertiary/aromatic N) is 1. The molecule has 2 rings (SSSR count). The summed E-state index contributed by atoms with van der Waals surface area (Å²) >= 11 is 4.04. The Morgan fingerprint density at radius 3 is 3.06 bits per heavy atom. The van der Waals surface area contributed by atoms with Gasteiger partial charge in [0.25, 0.3) is 5.91 Å². The maximum atomic E-state index is 11.6. The van der Waals surface area contributed by atoms with Crippen molar-refractivity contribution in [2.45, 2.75) is 18.8 Å². The van der Waals surface area contributed by atoms with Gasteiger partial charge in [-0.15, -0.1) is 0 Å². The van der Waals surface area contributed by atoms with Crippen molar-refractivity contribution in [2.24, 2.45) is 0 Å². The molecule has 6 heteroatoms. The molecule has 0 spiro atoms. The molecule has 1 aliphatic heterocycles. The van der Waals surface area contributed by atoms with Crippen LogP contribution in [0, 0.1) is 0 Å². The number of rotatable bonds is 4. The van der Waals surface area contributed by atoms with Gasteiger partial charge in [0.05, 0.1) is 0 Å². The Labute approximate surface area is 106 Å². The summed E-state index contributed by atoms with van der Waals surface area (Å²) in [6.07, 6.45) is 1.97. The third-order valence-electron chi connectivity index (χ3n) is 2.89. The third-order valence-corrected chi connectivity index (χ3v) is 3.11. The molecule has 2 N–H and O–H groups in total. The fourth-order valence-corrected chi connectivity index (χ4v) is 2.04. The lowest BCUT2D eigenvalue weighted by Gasteiger charge is -2.20. The number of thiol groups is 1. The lowest BCUT2D eigenvalue weighted by Crippen LogP contribution is -2.25. The predicted molar refractivity (Wildman–Crippen MR) is 67.6 cm³/mol. The summed E-state index contributed by atoms with van der Waals surface area (Å²) in [5, 5.41) is 9.73. The van der Waals surface area contributed by atoms with Crippen molar-refractivity contribution in [2.75, 3.05) is 25.5 Å². The van der Waals surface area contributed by atoms with Gasteiger partial charge in [-0.1, -0.05) is 0 Å². The minimum Gasteiger partial charge on any atom is -0.381 e. The van der Waals surface area contributed by atoms with Crippen LogP contribution < -0.4 is 5.32 Å². The molecule has 5 nitrogen and oxygen atoms in total. The van der Waals surface area contributed by atoms with Crippen LogP contribution in [0.15, 0.2) is 6.07 Å². The molecule has 1 aliphatic rings. The van der Waals surface area contributed by atoms with E-state index < -0.39 is 0 Å². The Morgan fingerprint density at radius 2 is 2.35 bits per heavy atom. The lowest BCUT2D eigenvalue weighted by molar-refractivity contribution is 0.0845. The molecule has 0 bridgehead atoms. The molecule has 1 saturated heterocycles. The van der Waals surface area contributed by atoms with Gasteiger partial charge >= 0.3 is 0 Å². The number of ether oxygens (including phenoxy) is 1. The number of aromatic nitrogens is 2. The van der Waals surface area contributed by atoms with Crippen molar-refractivity contribution in [3.63, 3.8) is 0 Å². The lowest BCUT2D eigenvalue weighted by atomic mass is 9.96. The summed E-state index contributed by atoms with van der Waals surface area (Å²) in [5.41, 5.74) is 1.48. The highest BCUT2D eigenvalue weighted by Gasteiger charge is 2.19. The molecular weight excluding hydrogens is 238 g/mol. The standard InChI is InChI=1S/C11H17N3O2S/c15-11(12-3-6-17)10-7-9(13-14-10)8-1-4-16-5-2-8/h7-8,17H,1-6H2,(H,12,15)(H,13,14). The molecule has 1 aromatic rings. The number of nitrogens with one attached hydrogen (secondary N) is 2. The molecule has 17 heavy (non-hydrogen) atoms. The number of carbonyl (C=O) groups excluding carboxylic acids is 1. The number of amides is 1. The van der Waals surface area contributed by atoms with Crippen LogP contribution in [-0.4, -0.2) is 41.6 Å². The van der Waals surface area contributed by atoms with E-state index in [0.717, 1.165) is 31.7 Å². The van der Waals surface area contributed by atoms with Gasteiger partial charge in [-0.05, 0) is 18.9 Å². The van der Waals surface area contributed by atoms with Crippen molar-refractivity contribution < 1.29 is 9.53 Å². The van der Waals surface area contributed by atoms with Crippen molar-refractivity contribution in [1.82, 2.24) is 15.5 Å². The van der Waals surface area contributed by atoms with E-state index in [-0.39, 0.29) is 5.91 Å². The molecule has 94 valence electrons. The molecule has 0 aliphatic carbocycles. The molecular formula is C11H17N3O2S. The highest BCUT2D eigenvalue weighted by Crippen LogP contribution is 2.25. The van der Waals surface area contributed by atoms with Crippen LogP contribution in [0.3, 0.4) is 0 Å². The first-order valence-corrected chi connectivity index (χ1v) is 6.46. The molecule has 0 unspecified atom stereocenters. The van der Waals surface area contributed by atoms with Gasteiger partial charge in [-0.3, -0.25) is 9.89 Å². The Kier molecular flexibility index (Phi) is 4.44. The van der Waals surface area contributed by atoms with Crippen LogP contribution >= 0.6 is 12.6 Å². The number of carbonyl (C=O) groups is 1. The highest BCUT2D eigenvalue weighted by molar-refractivity contribution is 7.80. The average Bonchev–Trinajstić information content (AvgIpc) is 2.86. The second kappa shape index (κ2) is 6.07. The summed E-state index contributed by atoms with van der Waals surface area (Å²) in [4.78, 5) is 11.6. The number of hydrogen-bond donors (Lipinski definition) is 3. The van der Waals surface area contributed by atoms with Crippen LogP contribution in [0.5, 0.6) is 0 Å². The molecule has 0 radical (unpaired) electrons. The summed E-state index contributed by atoms with van der Waals surface area (Å²) in [6.45, 7) is 2.12. The first kappa shape index (κ1) is 12.4. The van der Waals surface area contributed by atoms with E-state index >= 15 is 0 Å². The SMILES string of the molecule is O=C(NCCS)c1cc(C2CCOCC2)[nH]n1. The summed E-state index contributed by atoms with van der Waals surface area (Å²) in [6, 6.07) is 1.84. The summed E-state index contributed by atoms with van der Waals surface area (Å²) in [5.74, 6) is 0.916. The Hall–Kier alpha value is -1.01. The maximum Gasteiger partial charge on any atom is 0.271 e. The smallest absolute Gasteiger partial charge is 0.271 e. The van der Waals surface area contributed by atoms with Gasteiger partial charge in [0, 0.05) is 37.1 Å². The van der Waals surface area contributed by atoms with Gasteiger partial charge in [-0.25, -0.2) is 0 Å². The van der Waals surface area contributed by atoms with E-state index in [1.165, 1.54) is 0 Å². The van der Waals surface area contributed by atoms with Gasteiger partial charge in [0.2, 0.25) is 0 Å². The topological polar surface area (TPSA) is 67.0 Å². The number of H-pyrrole nitrogens is 1. The third kappa shape index (κ3) is 3.23. The molecule has 1 amide bonds. The zero-order valence-corrected chi connectivity index (χ0v) is 10.5. The Balaban J connectivity index is 1.97. The first-order chi connectivity index (χ1) is 8.31. The second-order valence-corrected chi connectivity index (χ2v) is 4.52. The fraction of sp³-hybridized carbons (Fsp3) is 0.636. The molecule has 0 saturated carbocycles. The first-order valence-electron chi connectivity index (χ1n) is 5.83. The number of aromatic amines is 1. The van der Waals surface area contributed by atoms with Crippen molar-refractivity contribution in [3.05, 3.63) is 17.5 Å².